The Bertz CT molecular complexity index is 734. The molecular weight excluding hydrogens is 284 g/mol. The van der Waals surface area contributed by atoms with Gasteiger partial charge in [0.15, 0.2) is 5.78 Å². The zero-order chi connectivity index (χ0) is 15.1. The molecular formula is C16H16N2O2S. The van der Waals surface area contributed by atoms with Gasteiger partial charge in [-0.3, -0.25) is 4.79 Å². The second-order valence-corrected chi connectivity index (χ2v) is 6.87. The molecule has 0 aromatic carbocycles. The number of carbonyl (C=O) groups is 1. The first-order valence-electron chi connectivity index (χ1n) is 6.93. The number of allylic oxidation sites excluding steroid dienone is 3. The lowest BCUT2D eigenvalue weighted by Crippen LogP contribution is -2.27. The molecule has 1 aromatic heterocycles. The van der Waals surface area contributed by atoms with Gasteiger partial charge in [0.1, 0.15) is 17.4 Å². The normalized spacial score (nSPS) is 22.0. The number of carbonyl (C=O) groups excluding carboxylic acids is 1. The van der Waals surface area contributed by atoms with Crippen molar-refractivity contribution in [2.75, 3.05) is 0 Å². The molecule has 0 spiro atoms. The summed E-state index contributed by atoms with van der Waals surface area (Å²) in [5, 5.41) is 9.47. The number of rotatable bonds is 1. The van der Waals surface area contributed by atoms with Crippen LogP contribution >= 0.6 is 11.3 Å². The van der Waals surface area contributed by atoms with E-state index in [4.69, 9.17) is 10.5 Å². The third-order valence-electron chi connectivity index (χ3n) is 4.00. The van der Waals surface area contributed by atoms with Crippen molar-refractivity contribution in [3.63, 3.8) is 0 Å². The molecule has 0 bridgehead atoms. The van der Waals surface area contributed by atoms with E-state index in [1.807, 2.05) is 19.9 Å². The predicted molar refractivity (Wildman–Crippen MR) is 80.3 cm³/mol. The van der Waals surface area contributed by atoms with Gasteiger partial charge in [0, 0.05) is 28.2 Å². The topological polar surface area (TPSA) is 76.1 Å². The van der Waals surface area contributed by atoms with Crippen LogP contribution in [0.2, 0.25) is 0 Å². The standard InChI is InChI=1S/C16H16N2O2S/c1-8-6-10(9(2)21-8)14-11(7-17)16(18)20-13-5-3-4-12(19)15(13)14/h6,14H,3-5,18H2,1-2H3/t14-/m0/s1. The van der Waals surface area contributed by atoms with E-state index in [9.17, 15) is 10.1 Å². The molecule has 0 fully saturated rings. The van der Waals surface area contributed by atoms with Crippen LogP contribution in [0.25, 0.3) is 0 Å². The number of nitriles is 1. The van der Waals surface area contributed by atoms with Gasteiger partial charge >= 0.3 is 0 Å². The first-order valence-corrected chi connectivity index (χ1v) is 7.75. The quantitative estimate of drug-likeness (QED) is 0.864. The number of Topliss-reactive ketones (excluding diaryl/α,β-unsaturated/α-hetero) is 1. The van der Waals surface area contributed by atoms with Crippen LogP contribution < -0.4 is 5.73 Å². The number of nitrogens with zero attached hydrogens (tertiary/aromatic N) is 1. The number of nitrogens with two attached hydrogens (primary N) is 1. The molecule has 3 rings (SSSR count). The average Bonchev–Trinajstić information content (AvgIpc) is 2.76. The highest BCUT2D eigenvalue weighted by atomic mass is 32.1. The van der Waals surface area contributed by atoms with Crippen molar-refractivity contribution in [1.29, 1.82) is 5.26 Å². The molecule has 2 heterocycles. The number of hydrogen-bond acceptors (Lipinski definition) is 5. The second-order valence-electron chi connectivity index (χ2n) is 5.41. The molecule has 2 N–H and O–H groups in total. The summed E-state index contributed by atoms with van der Waals surface area (Å²) in [5.41, 5.74) is 7.91. The Hall–Kier alpha value is -2.06. The minimum atomic E-state index is -0.364. The Morgan fingerprint density at radius 1 is 1.43 bits per heavy atom. The number of aryl methyl sites for hydroxylation is 2. The smallest absolute Gasteiger partial charge is 0.205 e. The SMILES string of the molecule is Cc1cc([C@H]2C(C#N)=C(N)OC3=C2C(=O)CCC3)c(C)s1. The van der Waals surface area contributed by atoms with Gasteiger partial charge in [-0.25, -0.2) is 0 Å². The molecule has 2 aliphatic rings. The maximum Gasteiger partial charge on any atom is 0.205 e. The molecule has 0 saturated heterocycles. The van der Waals surface area contributed by atoms with Crippen LogP contribution in [0, 0.1) is 25.2 Å². The largest absolute Gasteiger partial charge is 0.444 e. The van der Waals surface area contributed by atoms with E-state index >= 15 is 0 Å². The third-order valence-corrected chi connectivity index (χ3v) is 4.98. The molecule has 4 nitrogen and oxygen atoms in total. The van der Waals surface area contributed by atoms with Gasteiger partial charge in [0.25, 0.3) is 0 Å². The number of ether oxygens (including phenoxy) is 1. The van der Waals surface area contributed by atoms with Crippen LogP contribution in [0.15, 0.2) is 28.9 Å². The molecule has 1 atom stereocenters. The minimum Gasteiger partial charge on any atom is -0.444 e. The van der Waals surface area contributed by atoms with Gasteiger partial charge in [0.05, 0.1) is 5.92 Å². The van der Waals surface area contributed by atoms with Crippen LogP contribution in [0.5, 0.6) is 0 Å². The Labute approximate surface area is 127 Å². The predicted octanol–water partition coefficient (Wildman–Crippen LogP) is 3.18. The number of ketones is 1. The molecule has 1 aliphatic carbocycles. The summed E-state index contributed by atoms with van der Waals surface area (Å²) < 4.78 is 5.56. The van der Waals surface area contributed by atoms with E-state index in [1.54, 1.807) is 11.3 Å². The van der Waals surface area contributed by atoms with Gasteiger partial charge in [0.2, 0.25) is 5.88 Å². The van der Waals surface area contributed by atoms with E-state index in [-0.39, 0.29) is 17.6 Å². The zero-order valence-electron chi connectivity index (χ0n) is 12.0. The fourth-order valence-electron chi connectivity index (χ4n) is 3.10. The van der Waals surface area contributed by atoms with Crippen molar-refractivity contribution >= 4 is 17.1 Å². The van der Waals surface area contributed by atoms with Gasteiger partial charge in [-0.1, -0.05) is 0 Å². The summed E-state index contributed by atoms with van der Waals surface area (Å²) in [7, 11) is 0. The number of thiophene rings is 1. The lowest BCUT2D eigenvalue weighted by atomic mass is 9.77. The van der Waals surface area contributed by atoms with E-state index in [0.29, 0.717) is 29.7 Å². The summed E-state index contributed by atoms with van der Waals surface area (Å²) in [4.78, 5) is 14.7. The average molecular weight is 300 g/mol. The highest BCUT2D eigenvalue weighted by molar-refractivity contribution is 7.12. The van der Waals surface area contributed by atoms with Crippen LogP contribution in [0.4, 0.5) is 0 Å². The van der Waals surface area contributed by atoms with E-state index < -0.39 is 0 Å². The summed E-state index contributed by atoms with van der Waals surface area (Å²) >= 11 is 1.67. The first-order chi connectivity index (χ1) is 10.0. The summed E-state index contributed by atoms with van der Waals surface area (Å²) in [5.74, 6) is 0.497. The highest BCUT2D eigenvalue weighted by Gasteiger charge is 2.38. The maximum absolute atomic E-state index is 12.4. The fourth-order valence-corrected chi connectivity index (χ4v) is 4.07. The molecule has 108 valence electrons. The molecule has 1 aromatic rings. The molecule has 21 heavy (non-hydrogen) atoms. The summed E-state index contributed by atoms with van der Waals surface area (Å²) in [6.07, 6.45) is 2.00. The van der Waals surface area contributed by atoms with Crippen molar-refractivity contribution < 1.29 is 9.53 Å². The van der Waals surface area contributed by atoms with Gasteiger partial charge in [-0.05, 0) is 31.9 Å². The molecule has 0 saturated carbocycles. The van der Waals surface area contributed by atoms with Crippen LogP contribution in [0.3, 0.4) is 0 Å². The Morgan fingerprint density at radius 2 is 2.19 bits per heavy atom. The van der Waals surface area contributed by atoms with E-state index in [2.05, 4.69) is 6.07 Å². The molecule has 0 radical (unpaired) electrons. The van der Waals surface area contributed by atoms with Crippen molar-refractivity contribution in [2.45, 2.75) is 39.0 Å². The maximum atomic E-state index is 12.4. The Kier molecular flexibility index (Phi) is 3.34. The number of hydrogen-bond donors (Lipinski definition) is 1. The minimum absolute atomic E-state index is 0.0738. The van der Waals surface area contributed by atoms with Crippen molar-refractivity contribution in [3.05, 3.63) is 44.2 Å². The Balaban J connectivity index is 2.22. The summed E-state index contributed by atoms with van der Waals surface area (Å²) in [6, 6.07) is 4.19. The lowest BCUT2D eigenvalue weighted by molar-refractivity contribution is -0.116. The van der Waals surface area contributed by atoms with Crippen molar-refractivity contribution in [1.82, 2.24) is 0 Å². The van der Waals surface area contributed by atoms with E-state index in [0.717, 1.165) is 21.7 Å². The van der Waals surface area contributed by atoms with E-state index in [1.165, 1.54) is 0 Å². The molecule has 1 aliphatic heterocycles. The second kappa shape index (κ2) is 5.05. The van der Waals surface area contributed by atoms with Gasteiger partial charge < -0.3 is 10.5 Å². The first kappa shape index (κ1) is 13.9. The molecule has 0 amide bonds. The highest BCUT2D eigenvalue weighted by Crippen LogP contribution is 2.45. The lowest BCUT2D eigenvalue weighted by Gasteiger charge is -2.30. The van der Waals surface area contributed by atoms with Gasteiger partial charge in [-0.2, -0.15) is 5.26 Å². The Morgan fingerprint density at radius 3 is 2.81 bits per heavy atom. The van der Waals surface area contributed by atoms with Gasteiger partial charge in [-0.15, -0.1) is 11.3 Å². The van der Waals surface area contributed by atoms with Crippen LogP contribution in [-0.4, -0.2) is 5.78 Å². The molecule has 5 heteroatoms. The third kappa shape index (κ3) is 2.16. The monoisotopic (exact) mass is 300 g/mol. The van der Waals surface area contributed by atoms with Crippen LogP contribution in [-0.2, 0) is 9.53 Å². The fraction of sp³-hybridized carbons (Fsp3) is 0.375. The zero-order valence-corrected chi connectivity index (χ0v) is 12.8. The summed E-state index contributed by atoms with van der Waals surface area (Å²) in [6.45, 7) is 4.04. The van der Waals surface area contributed by atoms with Crippen molar-refractivity contribution in [3.8, 4) is 6.07 Å². The van der Waals surface area contributed by atoms with Crippen LogP contribution in [0.1, 0.15) is 40.5 Å². The van der Waals surface area contributed by atoms with Crippen molar-refractivity contribution in [2.24, 2.45) is 5.73 Å². The molecule has 0 unspecified atom stereocenters.